The van der Waals surface area contributed by atoms with Gasteiger partial charge >= 0.3 is 17.9 Å². The molecular weight excluding hydrogens is 568 g/mol. The van der Waals surface area contributed by atoms with Crippen molar-refractivity contribution in [3.05, 3.63) is 93.9 Å². The maximum Gasteiger partial charge on any atom is 0.519 e. The minimum atomic E-state index is -0.872. The third kappa shape index (κ3) is 7.76. The molecule has 1 N–H and O–H groups in total. The van der Waals surface area contributed by atoms with E-state index >= 15 is 0 Å². The van der Waals surface area contributed by atoms with Gasteiger partial charge in [-0.15, -0.1) is 0 Å². The molecule has 5 atom stereocenters. The van der Waals surface area contributed by atoms with Gasteiger partial charge in [0, 0.05) is 12.5 Å². The topological polar surface area (TPSA) is 138 Å². The van der Waals surface area contributed by atoms with Gasteiger partial charge in [-0.2, -0.15) is 0 Å². The van der Waals surface area contributed by atoms with Crippen molar-refractivity contribution < 1.29 is 37.4 Å². The van der Waals surface area contributed by atoms with E-state index in [1.165, 1.54) is 0 Å². The predicted molar refractivity (Wildman–Crippen MR) is 157 cm³/mol. The van der Waals surface area contributed by atoms with E-state index in [2.05, 4.69) is 5.32 Å². The average molecular weight is 607 g/mol. The number of rotatable bonds is 12. The second-order valence-electron chi connectivity index (χ2n) is 11.3. The Balaban J connectivity index is 1.25. The summed E-state index contributed by atoms with van der Waals surface area (Å²) < 4.78 is 26.3. The molecule has 1 aliphatic carbocycles. The zero-order valence-electron chi connectivity index (χ0n) is 24.9. The normalized spacial score (nSPS) is 20.5. The van der Waals surface area contributed by atoms with Crippen molar-refractivity contribution in [3.63, 3.8) is 0 Å². The molecule has 0 spiro atoms. The van der Waals surface area contributed by atoms with Crippen LogP contribution in [0.1, 0.15) is 61.7 Å². The zero-order valence-corrected chi connectivity index (χ0v) is 24.9. The fourth-order valence-electron chi connectivity index (χ4n) is 6.08. The van der Waals surface area contributed by atoms with Crippen LogP contribution in [0, 0.1) is 12.8 Å². The van der Waals surface area contributed by atoms with Crippen LogP contribution in [0.25, 0.3) is 0 Å². The third-order valence-corrected chi connectivity index (χ3v) is 8.33. The van der Waals surface area contributed by atoms with Crippen molar-refractivity contribution in [3.8, 4) is 0 Å². The van der Waals surface area contributed by atoms with Gasteiger partial charge in [0.05, 0.1) is 6.04 Å². The highest BCUT2D eigenvalue weighted by molar-refractivity contribution is 5.84. The van der Waals surface area contributed by atoms with E-state index in [1.807, 2.05) is 60.7 Å². The summed E-state index contributed by atoms with van der Waals surface area (Å²) in [6, 6.07) is 17.3. The maximum absolute atomic E-state index is 13.9. The molecule has 11 heteroatoms. The minimum Gasteiger partial charge on any atom is -0.456 e. The number of fused-ring (bicyclic) bond motifs is 1. The lowest BCUT2D eigenvalue weighted by molar-refractivity contribution is -0.150. The van der Waals surface area contributed by atoms with Crippen molar-refractivity contribution in [1.82, 2.24) is 10.2 Å². The summed E-state index contributed by atoms with van der Waals surface area (Å²) in [5, 5.41) is 3.17. The molecule has 1 saturated carbocycles. The highest BCUT2D eigenvalue weighted by Crippen LogP contribution is 2.42. The van der Waals surface area contributed by atoms with Gasteiger partial charge in [0.1, 0.15) is 12.6 Å². The van der Waals surface area contributed by atoms with Crippen LogP contribution in [-0.4, -0.2) is 47.3 Å². The molecule has 44 heavy (non-hydrogen) atoms. The Hall–Kier alpha value is -4.38. The number of carbonyl (C=O) groups excluding carboxylic acids is 3. The SMILES string of the molecule is Cc1oc(=O)oc1COC(=O)[C@H](CCc1ccccc1)N[C@@H](C)C(=O)N1[C@@H](OC(=O)OCc2ccccc2)C[C@@H]2CCC[C@@H]21. The summed E-state index contributed by atoms with van der Waals surface area (Å²) in [5.74, 6) is -1.16. The summed E-state index contributed by atoms with van der Waals surface area (Å²) in [6.45, 7) is 3.02. The minimum absolute atomic E-state index is 0.0552. The molecule has 1 amide bonds. The van der Waals surface area contributed by atoms with E-state index in [9.17, 15) is 19.2 Å². The van der Waals surface area contributed by atoms with Crippen molar-refractivity contribution in [1.29, 1.82) is 0 Å². The zero-order chi connectivity index (χ0) is 31.1. The van der Waals surface area contributed by atoms with Crippen LogP contribution in [0.4, 0.5) is 4.79 Å². The Bertz CT molecular complexity index is 1470. The van der Waals surface area contributed by atoms with Crippen molar-refractivity contribution >= 4 is 18.0 Å². The van der Waals surface area contributed by atoms with Crippen LogP contribution >= 0.6 is 0 Å². The summed E-state index contributed by atoms with van der Waals surface area (Å²) in [6.07, 6.45) is 2.62. The Morgan fingerprint density at radius 3 is 2.34 bits per heavy atom. The van der Waals surface area contributed by atoms with Crippen LogP contribution in [0.2, 0.25) is 0 Å². The Morgan fingerprint density at radius 2 is 1.66 bits per heavy atom. The van der Waals surface area contributed by atoms with E-state index in [0.717, 1.165) is 30.4 Å². The molecule has 2 aromatic carbocycles. The molecule has 234 valence electrons. The lowest BCUT2D eigenvalue weighted by Crippen LogP contribution is -2.54. The quantitative estimate of drug-likeness (QED) is 0.290. The second kappa shape index (κ2) is 14.4. The molecule has 2 aliphatic rings. The van der Waals surface area contributed by atoms with Crippen LogP contribution in [-0.2, 0) is 43.4 Å². The molecule has 1 saturated heterocycles. The first-order valence-electron chi connectivity index (χ1n) is 15.0. The molecule has 3 aromatic rings. The standard InChI is InChI=1S/C33H38N2O9/c1-21(34-26(17-16-23-10-5-3-6-11-23)31(37)40-20-28-22(2)42-33(39)43-28)30(36)35-27-15-9-14-25(27)18-29(35)44-32(38)41-19-24-12-7-4-8-13-24/h3-8,10-13,21,25-27,29,34H,9,14-20H2,1-2H3/t21-,25-,26-,27-,29-/m0/s1. The van der Waals surface area contributed by atoms with Gasteiger partial charge in [0.15, 0.2) is 24.4 Å². The smallest absolute Gasteiger partial charge is 0.456 e. The Labute approximate surface area is 255 Å². The first-order valence-corrected chi connectivity index (χ1v) is 15.0. The van der Waals surface area contributed by atoms with E-state index in [1.54, 1.807) is 18.7 Å². The number of amides is 1. The van der Waals surface area contributed by atoms with Gasteiger partial charge in [-0.1, -0.05) is 67.1 Å². The Kier molecular flexibility index (Phi) is 10.2. The summed E-state index contributed by atoms with van der Waals surface area (Å²) in [7, 11) is 0. The molecule has 5 rings (SSSR count). The van der Waals surface area contributed by atoms with Gasteiger partial charge < -0.3 is 27.9 Å². The molecule has 1 aromatic heterocycles. The molecule has 1 aliphatic heterocycles. The van der Waals surface area contributed by atoms with Crippen LogP contribution in [0.15, 0.2) is 74.3 Å². The van der Waals surface area contributed by atoms with Gasteiger partial charge in [0.2, 0.25) is 5.91 Å². The van der Waals surface area contributed by atoms with E-state index in [0.29, 0.717) is 19.3 Å². The number of aryl methyl sites for hydroxylation is 2. The van der Waals surface area contributed by atoms with Crippen LogP contribution < -0.4 is 11.1 Å². The fraction of sp³-hybridized carbons (Fsp3) is 0.455. The van der Waals surface area contributed by atoms with Crippen LogP contribution in [0.5, 0.6) is 0 Å². The van der Waals surface area contributed by atoms with E-state index in [4.69, 9.17) is 23.0 Å². The van der Waals surface area contributed by atoms with E-state index < -0.39 is 36.3 Å². The van der Waals surface area contributed by atoms with Crippen molar-refractivity contribution in [2.24, 2.45) is 5.92 Å². The lowest BCUT2D eigenvalue weighted by Gasteiger charge is -2.32. The van der Waals surface area contributed by atoms with Gasteiger partial charge in [0.25, 0.3) is 0 Å². The predicted octanol–water partition coefficient (Wildman–Crippen LogP) is 4.64. The summed E-state index contributed by atoms with van der Waals surface area (Å²) in [4.78, 5) is 52.9. The first-order chi connectivity index (χ1) is 21.3. The number of nitrogens with zero attached hydrogens (tertiary/aromatic N) is 1. The van der Waals surface area contributed by atoms with Crippen LogP contribution in [0.3, 0.4) is 0 Å². The molecule has 0 bridgehead atoms. The monoisotopic (exact) mass is 606 g/mol. The number of hydrogen-bond donors (Lipinski definition) is 1. The average Bonchev–Trinajstić information content (AvgIpc) is 3.71. The molecule has 2 fully saturated rings. The Morgan fingerprint density at radius 1 is 0.955 bits per heavy atom. The number of hydrogen-bond acceptors (Lipinski definition) is 10. The first kappa shape index (κ1) is 31.1. The lowest BCUT2D eigenvalue weighted by atomic mass is 10.0. The maximum atomic E-state index is 13.9. The van der Waals surface area contributed by atoms with Gasteiger partial charge in [-0.25, -0.2) is 9.59 Å². The fourth-order valence-corrected chi connectivity index (χ4v) is 6.08. The number of likely N-dealkylation sites (tertiary alicyclic amines) is 1. The highest BCUT2D eigenvalue weighted by Gasteiger charge is 2.49. The molecule has 0 radical (unpaired) electrons. The molecular formula is C33H38N2O9. The summed E-state index contributed by atoms with van der Waals surface area (Å²) >= 11 is 0. The molecule has 2 heterocycles. The number of nitrogens with one attached hydrogen (secondary N) is 1. The van der Waals surface area contributed by atoms with Gasteiger partial charge in [-0.3, -0.25) is 14.9 Å². The molecule has 0 unspecified atom stereocenters. The van der Waals surface area contributed by atoms with Crippen molar-refractivity contribution in [2.75, 3.05) is 0 Å². The number of esters is 1. The number of carbonyl (C=O) groups is 3. The van der Waals surface area contributed by atoms with E-state index in [-0.39, 0.29) is 42.6 Å². The highest BCUT2D eigenvalue weighted by atomic mass is 16.7. The number of benzene rings is 2. The second-order valence-corrected chi connectivity index (χ2v) is 11.3. The van der Waals surface area contributed by atoms with Gasteiger partial charge in [-0.05, 0) is 56.6 Å². The third-order valence-electron chi connectivity index (χ3n) is 8.33. The number of ether oxygens (including phenoxy) is 3. The van der Waals surface area contributed by atoms with Crippen molar-refractivity contribution in [2.45, 2.75) is 89.9 Å². The molecule has 11 nitrogen and oxygen atoms in total. The summed E-state index contributed by atoms with van der Waals surface area (Å²) in [5.41, 5.74) is 1.86. The largest absolute Gasteiger partial charge is 0.519 e.